The van der Waals surface area contributed by atoms with E-state index in [-0.39, 0.29) is 11.9 Å². The Kier molecular flexibility index (Phi) is 7.06. The normalized spacial score (nSPS) is 17.5. The van der Waals surface area contributed by atoms with E-state index >= 15 is 0 Å². The van der Waals surface area contributed by atoms with Crippen LogP contribution in [-0.2, 0) is 11.3 Å². The van der Waals surface area contributed by atoms with Crippen LogP contribution in [0.2, 0.25) is 5.02 Å². The summed E-state index contributed by atoms with van der Waals surface area (Å²) in [4.78, 5) is 1.96. The lowest BCUT2D eigenvalue weighted by atomic mass is 10.1. The van der Waals surface area contributed by atoms with Crippen LogP contribution in [0.3, 0.4) is 0 Å². The second-order valence-corrected chi connectivity index (χ2v) is 7.09. The molecule has 1 heterocycles. The largest absolute Gasteiger partial charge is 0.376 e. The molecule has 0 aliphatic carbocycles. The molecule has 0 aromatic heterocycles. The van der Waals surface area contributed by atoms with Gasteiger partial charge in [-0.15, -0.1) is 0 Å². The molecule has 1 fully saturated rings. The van der Waals surface area contributed by atoms with E-state index < -0.39 is 0 Å². The molecule has 1 N–H and O–H groups in total. The Labute approximate surface area is 148 Å². The minimum absolute atomic E-state index is 0.138. The van der Waals surface area contributed by atoms with Gasteiger partial charge in [0.15, 0.2) is 5.11 Å². The topological polar surface area (TPSA) is 24.5 Å². The van der Waals surface area contributed by atoms with E-state index in [2.05, 4.69) is 19.2 Å². The molecule has 1 aromatic rings. The van der Waals surface area contributed by atoms with Gasteiger partial charge in [-0.05, 0) is 43.1 Å². The number of halogens is 2. The van der Waals surface area contributed by atoms with Crippen molar-refractivity contribution in [3.8, 4) is 0 Å². The van der Waals surface area contributed by atoms with E-state index in [9.17, 15) is 4.39 Å². The van der Waals surface area contributed by atoms with Crippen molar-refractivity contribution in [1.82, 2.24) is 10.2 Å². The zero-order valence-corrected chi connectivity index (χ0v) is 15.2. The van der Waals surface area contributed by atoms with Crippen molar-refractivity contribution in [1.29, 1.82) is 0 Å². The van der Waals surface area contributed by atoms with E-state index in [0.29, 0.717) is 34.7 Å². The molecule has 0 radical (unpaired) electrons. The monoisotopic (exact) mass is 358 g/mol. The molecular formula is C17H24ClFN2OS. The van der Waals surface area contributed by atoms with Crippen LogP contribution in [0.1, 0.15) is 32.3 Å². The van der Waals surface area contributed by atoms with Gasteiger partial charge >= 0.3 is 0 Å². The third-order valence-corrected chi connectivity index (χ3v) is 4.56. The Morgan fingerprint density at radius 1 is 1.52 bits per heavy atom. The van der Waals surface area contributed by atoms with Gasteiger partial charge in [0.2, 0.25) is 0 Å². The summed E-state index contributed by atoms with van der Waals surface area (Å²) in [6, 6.07) is 4.74. The van der Waals surface area contributed by atoms with Gasteiger partial charge in [-0.2, -0.15) is 0 Å². The van der Waals surface area contributed by atoms with Crippen LogP contribution < -0.4 is 5.32 Å². The first-order valence-electron chi connectivity index (χ1n) is 8.04. The van der Waals surface area contributed by atoms with Crippen molar-refractivity contribution < 1.29 is 9.13 Å². The predicted molar refractivity (Wildman–Crippen MR) is 96.2 cm³/mol. The molecule has 1 aliphatic heterocycles. The lowest BCUT2D eigenvalue weighted by Crippen LogP contribution is -2.44. The van der Waals surface area contributed by atoms with Gasteiger partial charge in [0, 0.05) is 36.8 Å². The summed E-state index contributed by atoms with van der Waals surface area (Å²) in [7, 11) is 0. The maximum absolute atomic E-state index is 14.1. The second-order valence-electron chi connectivity index (χ2n) is 6.30. The lowest BCUT2D eigenvalue weighted by molar-refractivity contribution is 0.0895. The average molecular weight is 359 g/mol. The van der Waals surface area contributed by atoms with Gasteiger partial charge in [-0.25, -0.2) is 4.39 Å². The molecule has 3 nitrogen and oxygen atoms in total. The van der Waals surface area contributed by atoms with Crippen LogP contribution in [0.4, 0.5) is 4.39 Å². The van der Waals surface area contributed by atoms with Crippen LogP contribution in [-0.4, -0.2) is 35.8 Å². The molecule has 128 valence electrons. The van der Waals surface area contributed by atoms with Crippen LogP contribution in [0.5, 0.6) is 0 Å². The molecule has 2 rings (SSSR count). The predicted octanol–water partition coefficient (Wildman–Crippen LogP) is 3.99. The van der Waals surface area contributed by atoms with Crippen LogP contribution >= 0.6 is 23.8 Å². The summed E-state index contributed by atoms with van der Waals surface area (Å²) < 4.78 is 19.8. The number of hydrogen-bond acceptors (Lipinski definition) is 2. The highest BCUT2D eigenvalue weighted by atomic mass is 35.5. The first-order valence-corrected chi connectivity index (χ1v) is 8.83. The number of rotatable bonds is 6. The summed E-state index contributed by atoms with van der Waals surface area (Å²) in [6.07, 6.45) is 2.21. The molecule has 6 heteroatoms. The van der Waals surface area contributed by atoms with E-state index in [1.807, 2.05) is 4.90 Å². The highest BCUT2D eigenvalue weighted by Crippen LogP contribution is 2.22. The Morgan fingerprint density at radius 3 is 2.91 bits per heavy atom. The summed E-state index contributed by atoms with van der Waals surface area (Å²) >= 11 is 11.7. The minimum atomic E-state index is -0.304. The van der Waals surface area contributed by atoms with Crippen LogP contribution in [0.15, 0.2) is 18.2 Å². The zero-order chi connectivity index (χ0) is 16.8. The first kappa shape index (κ1) is 18.4. The van der Waals surface area contributed by atoms with Crippen molar-refractivity contribution >= 4 is 28.9 Å². The molecule has 0 bridgehead atoms. The maximum atomic E-state index is 14.1. The number of ether oxygens (including phenoxy) is 1. The SMILES string of the molecule is CC(C)CNC(=S)N(Cc1c(F)cccc1Cl)C[C@H]1CCCO1. The van der Waals surface area contributed by atoms with Crippen LogP contribution in [0.25, 0.3) is 0 Å². The van der Waals surface area contributed by atoms with Gasteiger partial charge in [-0.1, -0.05) is 31.5 Å². The summed E-state index contributed by atoms with van der Waals surface area (Å²) in [5.74, 6) is 0.177. The quantitative estimate of drug-likeness (QED) is 0.777. The number of benzene rings is 1. The van der Waals surface area contributed by atoms with Crippen LogP contribution in [0, 0.1) is 11.7 Å². The smallest absolute Gasteiger partial charge is 0.169 e. The van der Waals surface area contributed by atoms with Gasteiger partial charge < -0.3 is 15.0 Å². The van der Waals surface area contributed by atoms with Crippen molar-refractivity contribution in [2.75, 3.05) is 19.7 Å². The fourth-order valence-electron chi connectivity index (χ4n) is 2.53. The highest BCUT2D eigenvalue weighted by Gasteiger charge is 2.22. The average Bonchev–Trinajstić information content (AvgIpc) is 3.00. The van der Waals surface area contributed by atoms with Gasteiger partial charge in [0.25, 0.3) is 0 Å². The Balaban J connectivity index is 2.10. The second kappa shape index (κ2) is 8.81. The van der Waals surface area contributed by atoms with E-state index in [4.69, 9.17) is 28.6 Å². The Morgan fingerprint density at radius 2 is 2.30 bits per heavy atom. The fourth-order valence-corrected chi connectivity index (χ4v) is 2.98. The number of nitrogens with one attached hydrogen (secondary N) is 1. The van der Waals surface area contributed by atoms with E-state index in [1.54, 1.807) is 12.1 Å². The Hall–Kier alpha value is -0.910. The molecule has 0 saturated carbocycles. The molecule has 0 unspecified atom stereocenters. The van der Waals surface area contributed by atoms with Gasteiger partial charge in [-0.3, -0.25) is 0 Å². The summed E-state index contributed by atoms with van der Waals surface area (Å²) in [5, 5.41) is 4.30. The third-order valence-electron chi connectivity index (χ3n) is 3.81. The van der Waals surface area contributed by atoms with Gasteiger partial charge in [0.05, 0.1) is 6.10 Å². The minimum Gasteiger partial charge on any atom is -0.376 e. The van der Waals surface area contributed by atoms with Crippen molar-refractivity contribution in [2.45, 2.75) is 39.3 Å². The van der Waals surface area contributed by atoms with E-state index in [0.717, 1.165) is 26.0 Å². The number of thiocarbonyl (C=S) groups is 1. The van der Waals surface area contributed by atoms with Gasteiger partial charge in [0.1, 0.15) is 5.82 Å². The summed E-state index contributed by atoms with van der Waals surface area (Å²) in [6.45, 7) is 6.79. The molecule has 1 atom stereocenters. The molecule has 23 heavy (non-hydrogen) atoms. The zero-order valence-electron chi connectivity index (χ0n) is 13.6. The molecule has 1 aromatic carbocycles. The first-order chi connectivity index (χ1) is 11.0. The third kappa shape index (κ3) is 5.59. The lowest BCUT2D eigenvalue weighted by Gasteiger charge is -2.29. The number of nitrogens with zero attached hydrogens (tertiary/aromatic N) is 1. The molecule has 1 saturated heterocycles. The number of hydrogen-bond donors (Lipinski definition) is 1. The van der Waals surface area contributed by atoms with Crippen molar-refractivity contribution in [3.05, 3.63) is 34.6 Å². The maximum Gasteiger partial charge on any atom is 0.169 e. The molecular weight excluding hydrogens is 335 g/mol. The fraction of sp³-hybridized carbons (Fsp3) is 0.588. The Bertz CT molecular complexity index is 515. The summed E-state index contributed by atoms with van der Waals surface area (Å²) in [5.41, 5.74) is 0.473. The highest BCUT2D eigenvalue weighted by molar-refractivity contribution is 7.80. The molecule has 1 aliphatic rings. The van der Waals surface area contributed by atoms with Crippen molar-refractivity contribution in [2.24, 2.45) is 5.92 Å². The molecule has 0 spiro atoms. The van der Waals surface area contributed by atoms with E-state index in [1.165, 1.54) is 6.07 Å². The molecule has 0 amide bonds. The van der Waals surface area contributed by atoms with Crippen molar-refractivity contribution in [3.63, 3.8) is 0 Å². The standard InChI is InChI=1S/C17H24ClFN2OS/c1-12(2)9-20-17(23)21(10-13-5-4-8-22-13)11-14-15(18)6-3-7-16(14)19/h3,6-7,12-13H,4-5,8-11H2,1-2H3,(H,20,23)/t13-/m1/s1.